The van der Waals surface area contributed by atoms with E-state index >= 15 is 0 Å². The lowest BCUT2D eigenvalue weighted by Crippen LogP contribution is -2.27. The molecule has 1 amide bonds. The lowest BCUT2D eigenvalue weighted by molar-refractivity contribution is -0.127. The summed E-state index contributed by atoms with van der Waals surface area (Å²) in [5, 5.41) is 1.22. The summed E-state index contributed by atoms with van der Waals surface area (Å²) in [6.07, 6.45) is 1.55. The molecule has 0 saturated heterocycles. The third-order valence-electron chi connectivity index (χ3n) is 3.30. The van der Waals surface area contributed by atoms with Gasteiger partial charge in [0.1, 0.15) is 0 Å². The molecule has 2 aromatic heterocycles. The van der Waals surface area contributed by atoms with Gasteiger partial charge >= 0.3 is 0 Å². The number of aromatic nitrogens is 3. The highest BCUT2D eigenvalue weighted by atomic mass is 35.5. The second kappa shape index (κ2) is 7.02. The number of thioether (sulfide) groups is 1. The zero-order valence-corrected chi connectivity index (χ0v) is 14.1. The number of H-pyrrole nitrogens is 1. The minimum atomic E-state index is 0.0466. The number of pyridine rings is 1. The minimum Gasteiger partial charge on any atom is -0.341 e. The van der Waals surface area contributed by atoms with E-state index in [2.05, 4.69) is 15.0 Å². The van der Waals surface area contributed by atoms with Crippen LogP contribution in [0.15, 0.2) is 47.8 Å². The number of hydrogen-bond acceptors (Lipinski definition) is 4. The van der Waals surface area contributed by atoms with Crippen molar-refractivity contribution in [2.75, 3.05) is 12.8 Å². The maximum Gasteiger partial charge on any atom is 0.233 e. The predicted molar refractivity (Wildman–Crippen MR) is 92.5 cm³/mol. The quantitative estimate of drug-likeness (QED) is 0.719. The maximum absolute atomic E-state index is 12.2. The summed E-state index contributed by atoms with van der Waals surface area (Å²) in [4.78, 5) is 25.5. The van der Waals surface area contributed by atoms with Gasteiger partial charge in [0.15, 0.2) is 10.8 Å². The van der Waals surface area contributed by atoms with Gasteiger partial charge in [-0.2, -0.15) is 0 Å². The average molecular weight is 347 g/mol. The second-order valence-corrected chi connectivity index (χ2v) is 6.49. The van der Waals surface area contributed by atoms with Crippen molar-refractivity contribution in [3.05, 3.63) is 53.2 Å². The monoisotopic (exact) mass is 346 g/mol. The molecular weight excluding hydrogens is 332 g/mol. The van der Waals surface area contributed by atoms with E-state index in [1.165, 1.54) is 11.8 Å². The number of imidazole rings is 1. The minimum absolute atomic E-state index is 0.0466. The summed E-state index contributed by atoms with van der Waals surface area (Å²) in [6.45, 7) is 0.595. The SMILES string of the molecule is CN(Cc1ccccc1)C(=O)CSc1nc2ncc(Cl)cc2[nH]1. The van der Waals surface area contributed by atoms with Crippen LogP contribution in [0.4, 0.5) is 0 Å². The Morgan fingerprint density at radius 3 is 2.91 bits per heavy atom. The van der Waals surface area contributed by atoms with Crippen molar-refractivity contribution in [1.29, 1.82) is 0 Å². The molecular formula is C16H15ClN4OS. The van der Waals surface area contributed by atoms with Crippen LogP contribution in [0.3, 0.4) is 0 Å². The van der Waals surface area contributed by atoms with Crippen molar-refractivity contribution in [3.63, 3.8) is 0 Å². The topological polar surface area (TPSA) is 61.9 Å². The molecule has 0 bridgehead atoms. The van der Waals surface area contributed by atoms with Crippen molar-refractivity contribution in [1.82, 2.24) is 19.9 Å². The molecule has 0 fully saturated rings. The van der Waals surface area contributed by atoms with Gasteiger partial charge in [-0.1, -0.05) is 53.7 Å². The smallest absolute Gasteiger partial charge is 0.233 e. The van der Waals surface area contributed by atoms with Crippen LogP contribution in [0.25, 0.3) is 11.2 Å². The van der Waals surface area contributed by atoms with Gasteiger partial charge in [0.05, 0.1) is 16.3 Å². The van der Waals surface area contributed by atoms with E-state index in [1.807, 2.05) is 30.3 Å². The van der Waals surface area contributed by atoms with E-state index in [0.717, 1.165) is 11.1 Å². The maximum atomic E-state index is 12.2. The summed E-state index contributed by atoms with van der Waals surface area (Å²) >= 11 is 7.25. The van der Waals surface area contributed by atoms with Gasteiger partial charge in [-0.25, -0.2) is 9.97 Å². The number of aromatic amines is 1. The normalized spacial score (nSPS) is 10.9. The molecule has 0 atom stereocenters. The number of carbonyl (C=O) groups is 1. The number of rotatable bonds is 5. The Morgan fingerprint density at radius 2 is 2.13 bits per heavy atom. The van der Waals surface area contributed by atoms with Gasteiger partial charge < -0.3 is 9.88 Å². The fraction of sp³-hybridized carbons (Fsp3) is 0.188. The molecule has 0 aliphatic carbocycles. The van der Waals surface area contributed by atoms with Gasteiger partial charge in [0.25, 0.3) is 0 Å². The number of nitrogens with zero attached hydrogens (tertiary/aromatic N) is 3. The van der Waals surface area contributed by atoms with Crippen molar-refractivity contribution < 1.29 is 4.79 Å². The molecule has 0 spiro atoms. The highest BCUT2D eigenvalue weighted by Crippen LogP contribution is 2.20. The first-order valence-corrected chi connectivity index (χ1v) is 8.40. The summed E-state index contributed by atoms with van der Waals surface area (Å²) in [7, 11) is 1.80. The Hall–Kier alpha value is -2.05. The summed E-state index contributed by atoms with van der Waals surface area (Å²) in [5.74, 6) is 0.363. The van der Waals surface area contributed by atoms with Crippen LogP contribution >= 0.6 is 23.4 Å². The molecule has 0 unspecified atom stereocenters. The molecule has 7 heteroatoms. The predicted octanol–water partition coefficient (Wildman–Crippen LogP) is 3.36. The molecule has 118 valence electrons. The Balaban J connectivity index is 1.59. The molecule has 2 heterocycles. The lowest BCUT2D eigenvalue weighted by Gasteiger charge is -2.16. The highest BCUT2D eigenvalue weighted by molar-refractivity contribution is 7.99. The molecule has 0 saturated carbocycles. The van der Waals surface area contributed by atoms with Crippen LogP contribution in [0.2, 0.25) is 5.02 Å². The Kier molecular flexibility index (Phi) is 4.83. The van der Waals surface area contributed by atoms with Crippen molar-refractivity contribution in [2.24, 2.45) is 0 Å². The summed E-state index contributed by atoms with van der Waals surface area (Å²) in [6, 6.07) is 11.7. The number of nitrogens with one attached hydrogen (secondary N) is 1. The average Bonchev–Trinajstić information content (AvgIpc) is 2.95. The number of hydrogen-bond donors (Lipinski definition) is 1. The zero-order chi connectivity index (χ0) is 16.2. The molecule has 0 radical (unpaired) electrons. The van der Waals surface area contributed by atoms with Crippen molar-refractivity contribution in [3.8, 4) is 0 Å². The first kappa shape index (κ1) is 15.8. The van der Waals surface area contributed by atoms with Crippen LogP contribution in [-0.4, -0.2) is 38.6 Å². The first-order valence-electron chi connectivity index (χ1n) is 7.04. The van der Waals surface area contributed by atoms with Crippen LogP contribution in [-0.2, 0) is 11.3 Å². The van der Waals surface area contributed by atoms with Crippen LogP contribution in [0.1, 0.15) is 5.56 Å². The number of halogens is 1. The van der Waals surface area contributed by atoms with E-state index in [4.69, 9.17) is 11.6 Å². The molecule has 1 aromatic carbocycles. The zero-order valence-electron chi connectivity index (χ0n) is 12.5. The second-order valence-electron chi connectivity index (χ2n) is 5.09. The molecule has 1 N–H and O–H groups in total. The van der Waals surface area contributed by atoms with Gasteiger partial charge in [-0.05, 0) is 11.6 Å². The Labute approximate surface area is 143 Å². The van der Waals surface area contributed by atoms with Gasteiger partial charge in [-0.15, -0.1) is 0 Å². The van der Waals surface area contributed by atoms with E-state index in [1.54, 1.807) is 24.2 Å². The van der Waals surface area contributed by atoms with Gasteiger partial charge in [-0.3, -0.25) is 4.79 Å². The third-order valence-corrected chi connectivity index (χ3v) is 4.37. The van der Waals surface area contributed by atoms with Gasteiger partial charge in [0, 0.05) is 19.8 Å². The summed E-state index contributed by atoms with van der Waals surface area (Å²) < 4.78 is 0. The fourth-order valence-electron chi connectivity index (χ4n) is 2.11. The lowest BCUT2D eigenvalue weighted by atomic mass is 10.2. The molecule has 0 aliphatic heterocycles. The first-order chi connectivity index (χ1) is 11.1. The van der Waals surface area contributed by atoms with Crippen LogP contribution in [0.5, 0.6) is 0 Å². The van der Waals surface area contributed by atoms with Crippen LogP contribution < -0.4 is 0 Å². The molecule has 0 aliphatic rings. The van der Waals surface area contributed by atoms with E-state index < -0.39 is 0 Å². The third kappa shape index (κ3) is 4.03. The molecule has 3 rings (SSSR count). The number of carbonyl (C=O) groups excluding carboxylic acids is 1. The van der Waals surface area contributed by atoms with E-state index in [9.17, 15) is 4.79 Å². The molecule has 23 heavy (non-hydrogen) atoms. The van der Waals surface area contributed by atoms with Gasteiger partial charge in [0.2, 0.25) is 5.91 Å². The van der Waals surface area contributed by atoms with Crippen LogP contribution in [0, 0.1) is 0 Å². The molecule has 3 aromatic rings. The van der Waals surface area contributed by atoms with E-state index in [-0.39, 0.29) is 5.91 Å². The fourth-order valence-corrected chi connectivity index (χ4v) is 3.08. The number of amides is 1. The Bertz CT molecular complexity index is 821. The van der Waals surface area contributed by atoms with Crippen molar-refractivity contribution >= 4 is 40.4 Å². The number of fused-ring (bicyclic) bond motifs is 1. The highest BCUT2D eigenvalue weighted by Gasteiger charge is 2.12. The molecule has 5 nitrogen and oxygen atoms in total. The Morgan fingerprint density at radius 1 is 1.35 bits per heavy atom. The van der Waals surface area contributed by atoms with Crippen molar-refractivity contribution in [2.45, 2.75) is 11.7 Å². The summed E-state index contributed by atoms with van der Waals surface area (Å²) in [5.41, 5.74) is 2.48. The standard InChI is InChI=1S/C16H15ClN4OS/c1-21(9-11-5-3-2-4-6-11)14(22)10-23-16-19-13-7-12(17)8-18-15(13)20-16/h2-8H,9-10H2,1H3,(H,18,19,20). The van der Waals surface area contributed by atoms with E-state index in [0.29, 0.717) is 28.1 Å². The number of benzene rings is 1. The largest absolute Gasteiger partial charge is 0.341 e.